The number of furan rings is 1. The highest BCUT2D eigenvalue weighted by molar-refractivity contribution is 7.91. The molecule has 0 spiro atoms. The summed E-state index contributed by atoms with van der Waals surface area (Å²) in [5.41, 5.74) is 0.563. The largest absolute Gasteiger partial charge is 0.450 e. The van der Waals surface area contributed by atoms with Crippen LogP contribution in [0.4, 0.5) is 0 Å². The minimum absolute atomic E-state index is 0.0304. The summed E-state index contributed by atoms with van der Waals surface area (Å²) in [5.74, 6) is -0.870. The first-order valence-electron chi connectivity index (χ1n) is 8.91. The number of carbonyl (C=O) groups excluding carboxylic acids is 2. The average molecular weight is 393 g/mol. The van der Waals surface area contributed by atoms with E-state index in [1.54, 1.807) is 18.2 Å². The second-order valence-electron chi connectivity index (χ2n) is 7.22. The van der Waals surface area contributed by atoms with Gasteiger partial charge in [-0.25, -0.2) is 13.2 Å². The van der Waals surface area contributed by atoms with Gasteiger partial charge in [-0.15, -0.1) is 0 Å². The summed E-state index contributed by atoms with van der Waals surface area (Å²) in [6.07, 6.45) is 0.415. The van der Waals surface area contributed by atoms with Crippen molar-refractivity contribution in [1.29, 1.82) is 0 Å². The fraction of sp³-hybridized carbons (Fsp3) is 0.474. The van der Waals surface area contributed by atoms with E-state index in [-0.39, 0.29) is 29.2 Å². The molecular weight excluding hydrogens is 370 g/mol. The van der Waals surface area contributed by atoms with Gasteiger partial charge in [-0.2, -0.15) is 0 Å². The van der Waals surface area contributed by atoms with Gasteiger partial charge >= 0.3 is 5.97 Å². The number of carbonyl (C=O) groups is 2. The van der Waals surface area contributed by atoms with Crippen molar-refractivity contribution in [3.63, 3.8) is 0 Å². The molecule has 8 heteroatoms. The molecule has 2 heterocycles. The molecule has 1 atom stereocenters. The third-order valence-corrected chi connectivity index (χ3v) is 6.24. The molecule has 7 nitrogen and oxygen atoms in total. The van der Waals surface area contributed by atoms with E-state index < -0.39 is 28.3 Å². The summed E-state index contributed by atoms with van der Waals surface area (Å²) in [6, 6.07) is 8.38. The predicted molar refractivity (Wildman–Crippen MR) is 100 cm³/mol. The standard InChI is InChI=1S/C19H23NO6S/c1-13(2)10-20(15-7-8-27(23,24)12-15)18(21)11-25-19(22)17-9-14-5-3-4-6-16(14)26-17/h3-6,9,13,15H,7-8,10-12H2,1-2H3/t15-/m1/s1. The maximum Gasteiger partial charge on any atom is 0.374 e. The highest BCUT2D eigenvalue weighted by Gasteiger charge is 2.35. The van der Waals surface area contributed by atoms with Gasteiger partial charge in [0.25, 0.3) is 5.91 Å². The maximum absolute atomic E-state index is 12.6. The Bertz CT molecular complexity index is 913. The Hall–Kier alpha value is -2.35. The predicted octanol–water partition coefficient (Wildman–Crippen LogP) is 2.26. The first kappa shape index (κ1) is 19.4. The van der Waals surface area contributed by atoms with Crippen LogP contribution in [0.2, 0.25) is 0 Å². The molecule has 3 rings (SSSR count). The number of para-hydroxylation sites is 1. The lowest BCUT2D eigenvalue weighted by Gasteiger charge is -2.29. The zero-order chi connectivity index (χ0) is 19.6. The van der Waals surface area contributed by atoms with Crippen LogP contribution in [-0.2, 0) is 19.4 Å². The SMILES string of the molecule is CC(C)CN(C(=O)COC(=O)c1cc2ccccc2o1)[C@@H]1CCS(=O)(=O)C1. The van der Waals surface area contributed by atoms with Crippen LogP contribution in [0, 0.1) is 5.92 Å². The lowest BCUT2D eigenvalue weighted by atomic mass is 10.1. The summed E-state index contributed by atoms with van der Waals surface area (Å²) in [5, 5.41) is 0.772. The van der Waals surface area contributed by atoms with Gasteiger partial charge in [-0.1, -0.05) is 32.0 Å². The van der Waals surface area contributed by atoms with Gasteiger partial charge in [0, 0.05) is 18.0 Å². The minimum Gasteiger partial charge on any atom is -0.450 e. The minimum atomic E-state index is -3.12. The van der Waals surface area contributed by atoms with Crippen molar-refractivity contribution in [3.8, 4) is 0 Å². The van der Waals surface area contributed by atoms with Crippen molar-refractivity contribution in [2.24, 2.45) is 5.92 Å². The summed E-state index contributed by atoms with van der Waals surface area (Å²) in [6.45, 7) is 3.87. The molecule has 0 radical (unpaired) electrons. The summed E-state index contributed by atoms with van der Waals surface area (Å²) in [4.78, 5) is 26.3. The number of hydrogen-bond acceptors (Lipinski definition) is 6. The molecule has 0 saturated carbocycles. The summed E-state index contributed by atoms with van der Waals surface area (Å²) in [7, 11) is -3.12. The number of nitrogens with zero attached hydrogens (tertiary/aromatic N) is 1. The monoisotopic (exact) mass is 393 g/mol. The number of rotatable bonds is 6. The zero-order valence-corrected chi connectivity index (χ0v) is 16.2. The van der Waals surface area contributed by atoms with Crippen molar-refractivity contribution in [2.45, 2.75) is 26.3 Å². The normalized spacial score (nSPS) is 18.7. The molecule has 1 aromatic heterocycles. The number of esters is 1. The Morgan fingerprint density at radius 3 is 2.67 bits per heavy atom. The van der Waals surface area contributed by atoms with Crippen molar-refractivity contribution in [3.05, 3.63) is 36.1 Å². The number of hydrogen-bond donors (Lipinski definition) is 0. The number of ether oxygens (including phenoxy) is 1. The molecule has 1 amide bonds. The molecule has 0 aliphatic carbocycles. The van der Waals surface area contributed by atoms with Crippen LogP contribution in [0.25, 0.3) is 11.0 Å². The van der Waals surface area contributed by atoms with Crippen LogP contribution in [0.15, 0.2) is 34.7 Å². The van der Waals surface area contributed by atoms with E-state index in [9.17, 15) is 18.0 Å². The van der Waals surface area contributed by atoms with E-state index in [4.69, 9.17) is 9.15 Å². The van der Waals surface area contributed by atoms with E-state index in [1.807, 2.05) is 26.0 Å². The number of fused-ring (bicyclic) bond motifs is 1. The first-order chi connectivity index (χ1) is 12.7. The number of sulfone groups is 1. The topological polar surface area (TPSA) is 93.9 Å². The average Bonchev–Trinajstić information content (AvgIpc) is 3.20. The Kier molecular flexibility index (Phi) is 5.55. The van der Waals surface area contributed by atoms with Gasteiger partial charge in [0.15, 0.2) is 16.4 Å². The van der Waals surface area contributed by atoms with E-state index in [0.29, 0.717) is 18.5 Å². The van der Waals surface area contributed by atoms with Gasteiger partial charge in [-0.3, -0.25) is 4.79 Å². The van der Waals surface area contributed by atoms with Crippen LogP contribution in [-0.4, -0.2) is 55.9 Å². The molecule has 1 saturated heterocycles. The van der Waals surface area contributed by atoms with Gasteiger partial charge in [0.1, 0.15) is 5.58 Å². The van der Waals surface area contributed by atoms with Gasteiger partial charge in [-0.05, 0) is 24.5 Å². The van der Waals surface area contributed by atoms with Crippen molar-refractivity contribution in [2.75, 3.05) is 24.7 Å². The Morgan fingerprint density at radius 2 is 2.04 bits per heavy atom. The molecule has 0 N–H and O–H groups in total. The molecule has 27 heavy (non-hydrogen) atoms. The molecule has 146 valence electrons. The highest BCUT2D eigenvalue weighted by atomic mass is 32.2. The maximum atomic E-state index is 12.6. The molecule has 2 aromatic rings. The molecular formula is C19H23NO6S. The highest BCUT2D eigenvalue weighted by Crippen LogP contribution is 2.21. The molecule has 1 aliphatic heterocycles. The Balaban J connectivity index is 1.65. The van der Waals surface area contributed by atoms with E-state index in [0.717, 1.165) is 5.39 Å². The van der Waals surface area contributed by atoms with Crippen LogP contribution in [0.1, 0.15) is 30.8 Å². The van der Waals surface area contributed by atoms with Gasteiger partial charge in [0.2, 0.25) is 5.76 Å². The fourth-order valence-electron chi connectivity index (χ4n) is 3.23. The lowest BCUT2D eigenvalue weighted by Crippen LogP contribution is -2.45. The second kappa shape index (κ2) is 7.72. The molecule has 1 aromatic carbocycles. The van der Waals surface area contributed by atoms with Crippen molar-refractivity contribution < 1.29 is 27.2 Å². The number of benzene rings is 1. The van der Waals surface area contributed by atoms with Gasteiger partial charge < -0.3 is 14.1 Å². The van der Waals surface area contributed by atoms with Crippen molar-refractivity contribution >= 4 is 32.7 Å². The molecule has 0 bridgehead atoms. The third-order valence-electron chi connectivity index (χ3n) is 4.48. The lowest BCUT2D eigenvalue weighted by molar-refractivity contribution is -0.137. The van der Waals surface area contributed by atoms with Crippen molar-refractivity contribution in [1.82, 2.24) is 4.90 Å². The zero-order valence-electron chi connectivity index (χ0n) is 15.4. The molecule has 1 aliphatic rings. The quantitative estimate of drug-likeness (QED) is 0.699. The Morgan fingerprint density at radius 1 is 1.30 bits per heavy atom. The second-order valence-corrected chi connectivity index (χ2v) is 9.45. The first-order valence-corrected chi connectivity index (χ1v) is 10.7. The number of amides is 1. The van der Waals surface area contributed by atoms with E-state index in [1.165, 1.54) is 4.90 Å². The van der Waals surface area contributed by atoms with Crippen LogP contribution < -0.4 is 0 Å². The Labute approximate surface area is 158 Å². The van der Waals surface area contributed by atoms with Crippen LogP contribution in [0.3, 0.4) is 0 Å². The van der Waals surface area contributed by atoms with Crippen LogP contribution >= 0.6 is 0 Å². The van der Waals surface area contributed by atoms with E-state index >= 15 is 0 Å². The fourth-order valence-corrected chi connectivity index (χ4v) is 4.96. The molecule has 0 unspecified atom stereocenters. The van der Waals surface area contributed by atoms with E-state index in [2.05, 4.69) is 0 Å². The summed E-state index contributed by atoms with van der Waals surface area (Å²) >= 11 is 0. The smallest absolute Gasteiger partial charge is 0.374 e. The summed E-state index contributed by atoms with van der Waals surface area (Å²) < 4.78 is 34.1. The van der Waals surface area contributed by atoms with Gasteiger partial charge in [0.05, 0.1) is 11.5 Å². The third kappa shape index (κ3) is 4.68. The van der Waals surface area contributed by atoms with Crippen LogP contribution in [0.5, 0.6) is 0 Å². The molecule has 1 fully saturated rings.